The molecule has 1 amide bonds. The standard InChI is InChI=1S/C12H12BrNO/c1-9-6-10(8-11(13)7-9)12(15)14-4-2-3-5-14/h2-3,6-8H,4-5H2,1H3. The number of amides is 1. The number of carbonyl (C=O) groups excluding carboxylic acids is 1. The number of carbonyl (C=O) groups is 1. The van der Waals surface area contributed by atoms with Gasteiger partial charge in [0.2, 0.25) is 0 Å². The molecule has 3 heteroatoms. The number of nitrogens with zero attached hydrogens (tertiary/aromatic N) is 1. The molecule has 78 valence electrons. The van der Waals surface area contributed by atoms with Crippen molar-refractivity contribution in [2.75, 3.05) is 13.1 Å². The Kier molecular flexibility index (Phi) is 2.91. The quantitative estimate of drug-likeness (QED) is 0.716. The van der Waals surface area contributed by atoms with E-state index in [2.05, 4.69) is 15.9 Å². The summed E-state index contributed by atoms with van der Waals surface area (Å²) in [6.07, 6.45) is 4.03. The number of rotatable bonds is 1. The molecule has 0 fully saturated rings. The van der Waals surface area contributed by atoms with E-state index in [9.17, 15) is 4.79 Å². The van der Waals surface area contributed by atoms with Crippen LogP contribution in [-0.2, 0) is 0 Å². The van der Waals surface area contributed by atoms with Gasteiger partial charge in [-0.15, -0.1) is 0 Å². The minimum absolute atomic E-state index is 0.101. The molecule has 1 aromatic rings. The first-order valence-corrected chi connectivity index (χ1v) is 5.67. The summed E-state index contributed by atoms with van der Waals surface area (Å²) >= 11 is 3.40. The molecule has 0 atom stereocenters. The van der Waals surface area contributed by atoms with Gasteiger partial charge in [-0.2, -0.15) is 0 Å². The maximum atomic E-state index is 12.0. The van der Waals surface area contributed by atoms with Gasteiger partial charge in [0.25, 0.3) is 5.91 Å². The van der Waals surface area contributed by atoms with Gasteiger partial charge in [-0.05, 0) is 30.7 Å². The third kappa shape index (κ3) is 2.29. The molecule has 2 nitrogen and oxygen atoms in total. The molecule has 2 rings (SSSR count). The second-order valence-corrected chi connectivity index (χ2v) is 4.61. The smallest absolute Gasteiger partial charge is 0.254 e. The lowest BCUT2D eigenvalue weighted by Gasteiger charge is -2.15. The van der Waals surface area contributed by atoms with Crippen molar-refractivity contribution in [2.45, 2.75) is 6.92 Å². The molecular weight excluding hydrogens is 254 g/mol. The third-order valence-electron chi connectivity index (χ3n) is 2.39. The van der Waals surface area contributed by atoms with Crippen molar-refractivity contribution in [2.24, 2.45) is 0 Å². The summed E-state index contributed by atoms with van der Waals surface area (Å²) in [7, 11) is 0. The van der Waals surface area contributed by atoms with Crippen molar-refractivity contribution in [3.8, 4) is 0 Å². The average Bonchev–Trinajstić information content (AvgIpc) is 2.67. The van der Waals surface area contributed by atoms with Crippen LogP contribution in [0.5, 0.6) is 0 Å². The lowest BCUT2D eigenvalue weighted by Crippen LogP contribution is -2.28. The first kappa shape index (κ1) is 10.4. The van der Waals surface area contributed by atoms with Gasteiger partial charge < -0.3 is 4.90 Å². The van der Waals surface area contributed by atoms with Crippen molar-refractivity contribution in [3.05, 3.63) is 46.0 Å². The first-order valence-electron chi connectivity index (χ1n) is 4.88. The molecule has 0 saturated carbocycles. The monoisotopic (exact) mass is 265 g/mol. The van der Waals surface area contributed by atoms with E-state index in [1.165, 1.54) is 0 Å². The van der Waals surface area contributed by atoms with Crippen LogP contribution in [0.25, 0.3) is 0 Å². The fourth-order valence-corrected chi connectivity index (χ4v) is 2.29. The third-order valence-corrected chi connectivity index (χ3v) is 2.85. The number of hydrogen-bond donors (Lipinski definition) is 0. The van der Waals surface area contributed by atoms with Crippen molar-refractivity contribution < 1.29 is 4.79 Å². The Morgan fingerprint density at radius 2 is 1.93 bits per heavy atom. The molecule has 1 aromatic carbocycles. The van der Waals surface area contributed by atoms with E-state index in [1.54, 1.807) is 0 Å². The number of halogens is 1. The lowest BCUT2D eigenvalue weighted by atomic mass is 10.1. The Morgan fingerprint density at radius 1 is 1.27 bits per heavy atom. The van der Waals surface area contributed by atoms with E-state index in [1.807, 2.05) is 42.2 Å². The van der Waals surface area contributed by atoms with Gasteiger partial charge >= 0.3 is 0 Å². The molecule has 15 heavy (non-hydrogen) atoms. The van der Waals surface area contributed by atoms with Crippen LogP contribution in [-0.4, -0.2) is 23.9 Å². The highest BCUT2D eigenvalue weighted by molar-refractivity contribution is 9.10. The molecule has 0 aromatic heterocycles. The second kappa shape index (κ2) is 4.19. The van der Waals surface area contributed by atoms with Crippen molar-refractivity contribution in [3.63, 3.8) is 0 Å². The molecule has 0 N–H and O–H groups in total. The molecule has 0 unspecified atom stereocenters. The Morgan fingerprint density at radius 3 is 2.53 bits per heavy atom. The maximum Gasteiger partial charge on any atom is 0.254 e. The number of hydrogen-bond acceptors (Lipinski definition) is 1. The minimum Gasteiger partial charge on any atom is -0.331 e. The number of benzene rings is 1. The molecule has 1 heterocycles. The fourth-order valence-electron chi connectivity index (χ4n) is 1.69. The minimum atomic E-state index is 0.101. The highest BCUT2D eigenvalue weighted by Gasteiger charge is 2.16. The SMILES string of the molecule is Cc1cc(Br)cc(C(=O)N2CC=CC2)c1. The van der Waals surface area contributed by atoms with E-state index >= 15 is 0 Å². The van der Waals surface area contributed by atoms with E-state index in [0.717, 1.165) is 28.7 Å². The number of aryl methyl sites for hydroxylation is 1. The molecule has 0 aliphatic carbocycles. The van der Waals surface area contributed by atoms with Gasteiger partial charge in [0, 0.05) is 23.1 Å². The molecule has 0 radical (unpaired) electrons. The summed E-state index contributed by atoms with van der Waals surface area (Å²) < 4.78 is 0.956. The Bertz CT molecular complexity index is 397. The largest absolute Gasteiger partial charge is 0.331 e. The molecule has 0 saturated heterocycles. The second-order valence-electron chi connectivity index (χ2n) is 3.70. The van der Waals surface area contributed by atoms with Gasteiger partial charge in [0.15, 0.2) is 0 Å². The van der Waals surface area contributed by atoms with Crippen LogP contribution in [0.3, 0.4) is 0 Å². The zero-order valence-corrected chi connectivity index (χ0v) is 10.1. The van der Waals surface area contributed by atoms with Gasteiger partial charge in [0.1, 0.15) is 0 Å². The van der Waals surface area contributed by atoms with Crippen LogP contribution < -0.4 is 0 Å². The van der Waals surface area contributed by atoms with E-state index < -0.39 is 0 Å². The highest BCUT2D eigenvalue weighted by atomic mass is 79.9. The fraction of sp³-hybridized carbons (Fsp3) is 0.250. The van der Waals surface area contributed by atoms with Crippen LogP contribution in [0.15, 0.2) is 34.8 Å². The summed E-state index contributed by atoms with van der Waals surface area (Å²) in [5.41, 5.74) is 1.85. The molecule has 1 aliphatic rings. The van der Waals surface area contributed by atoms with E-state index in [4.69, 9.17) is 0 Å². The summed E-state index contributed by atoms with van der Waals surface area (Å²) in [5, 5.41) is 0. The molecule has 0 spiro atoms. The molecule has 1 aliphatic heterocycles. The van der Waals surface area contributed by atoms with Crippen LogP contribution in [0, 0.1) is 6.92 Å². The summed E-state index contributed by atoms with van der Waals surface area (Å²) in [6.45, 7) is 3.44. The normalized spacial score (nSPS) is 14.7. The van der Waals surface area contributed by atoms with Crippen LogP contribution in [0.1, 0.15) is 15.9 Å². The predicted molar refractivity (Wildman–Crippen MR) is 63.9 cm³/mol. The maximum absolute atomic E-state index is 12.0. The highest BCUT2D eigenvalue weighted by Crippen LogP contribution is 2.17. The summed E-state index contributed by atoms with van der Waals surface area (Å²) in [6, 6.07) is 5.79. The average molecular weight is 266 g/mol. The van der Waals surface area contributed by atoms with E-state index in [-0.39, 0.29) is 5.91 Å². The van der Waals surface area contributed by atoms with Gasteiger partial charge in [0.05, 0.1) is 0 Å². The topological polar surface area (TPSA) is 20.3 Å². The van der Waals surface area contributed by atoms with Crippen molar-refractivity contribution in [1.29, 1.82) is 0 Å². The predicted octanol–water partition coefficient (Wildman–Crippen LogP) is 2.77. The van der Waals surface area contributed by atoms with Gasteiger partial charge in [-0.1, -0.05) is 28.1 Å². The zero-order chi connectivity index (χ0) is 10.8. The molecular formula is C12H12BrNO. The van der Waals surface area contributed by atoms with Crippen LogP contribution >= 0.6 is 15.9 Å². The van der Waals surface area contributed by atoms with Gasteiger partial charge in [-0.3, -0.25) is 4.79 Å². The van der Waals surface area contributed by atoms with Crippen LogP contribution in [0.2, 0.25) is 0 Å². The van der Waals surface area contributed by atoms with Gasteiger partial charge in [-0.25, -0.2) is 0 Å². The summed E-state index contributed by atoms with van der Waals surface area (Å²) in [4.78, 5) is 13.8. The van der Waals surface area contributed by atoms with Crippen LogP contribution in [0.4, 0.5) is 0 Å². The van der Waals surface area contributed by atoms with Crippen molar-refractivity contribution in [1.82, 2.24) is 4.90 Å². The molecule has 0 bridgehead atoms. The van der Waals surface area contributed by atoms with Crippen molar-refractivity contribution >= 4 is 21.8 Å². The first-order chi connectivity index (χ1) is 7.16. The Labute approximate surface area is 97.7 Å². The van der Waals surface area contributed by atoms with E-state index in [0.29, 0.717) is 0 Å². The lowest BCUT2D eigenvalue weighted by molar-refractivity contribution is 0.0800. The zero-order valence-electron chi connectivity index (χ0n) is 8.53. The Hall–Kier alpha value is -1.09. The summed E-state index contributed by atoms with van der Waals surface area (Å²) in [5.74, 6) is 0.101. The Balaban J connectivity index is 2.25.